The van der Waals surface area contributed by atoms with Crippen molar-refractivity contribution in [1.82, 2.24) is 10.2 Å². The Bertz CT molecular complexity index is 1100. The van der Waals surface area contributed by atoms with Crippen LogP contribution in [0.3, 0.4) is 0 Å². The van der Waals surface area contributed by atoms with E-state index in [9.17, 15) is 4.79 Å². The summed E-state index contributed by atoms with van der Waals surface area (Å²) in [5.74, 6) is 0.441. The summed E-state index contributed by atoms with van der Waals surface area (Å²) in [7, 11) is 0. The maximum absolute atomic E-state index is 12.0. The molecule has 1 heterocycles. The van der Waals surface area contributed by atoms with Crippen molar-refractivity contribution in [2.24, 2.45) is 0 Å². The summed E-state index contributed by atoms with van der Waals surface area (Å²) in [6, 6.07) is 21.0. The van der Waals surface area contributed by atoms with Gasteiger partial charge in [-0.2, -0.15) is 0 Å². The topological polar surface area (TPSA) is 68.0 Å². The normalized spacial score (nSPS) is 10.9. The van der Waals surface area contributed by atoms with Crippen LogP contribution in [0.4, 0.5) is 5.69 Å². The van der Waals surface area contributed by atoms with Crippen LogP contribution in [-0.4, -0.2) is 21.9 Å². The second-order valence-electron chi connectivity index (χ2n) is 5.78. The number of carbonyl (C=O) groups is 1. The molecular formula is C20H14ClN3O2S. The number of amides is 1. The average molecular weight is 396 g/mol. The van der Waals surface area contributed by atoms with Crippen LogP contribution in [0.15, 0.2) is 76.4 Å². The van der Waals surface area contributed by atoms with E-state index in [-0.39, 0.29) is 11.7 Å². The Hall–Kier alpha value is -2.83. The number of halogens is 1. The van der Waals surface area contributed by atoms with Gasteiger partial charge in [0.25, 0.3) is 5.22 Å². The molecule has 4 aromatic rings. The van der Waals surface area contributed by atoms with Gasteiger partial charge in [-0.05, 0) is 47.2 Å². The van der Waals surface area contributed by atoms with Crippen molar-refractivity contribution in [2.75, 3.05) is 11.1 Å². The van der Waals surface area contributed by atoms with E-state index < -0.39 is 0 Å². The number of aromatic nitrogens is 2. The van der Waals surface area contributed by atoms with Gasteiger partial charge in [0, 0.05) is 16.3 Å². The van der Waals surface area contributed by atoms with Crippen molar-refractivity contribution < 1.29 is 9.21 Å². The molecule has 27 heavy (non-hydrogen) atoms. The second-order valence-corrected chi connectivity index (χ2v) is 7.14. The number of thioether (sulfide) groups is 1. The number of anilines is 1. The summed E-state index contributed by atoms with van der Waals surface area (Å²) < 4.78 is 5.68. The summed E-state index contributed by atoms with van der Waals surface area (Å²) in [6.45, 7) is 0. The molecule has 3 aromatic carbocycles. The smallest absolute Gasteiger partial charge is 0.277 e. The van der Waals surface area contributed by atoms with Crippen molar-refractivity contribution in [3.8, 4) is 11.5 Å². The quantitative estimate of drug-likeness (QED) is 0.466. The molecule has 0 aliphatic rings. The average Bonchev–Trinajstić information content (AvgIpc) is 3.17. The first-order valence-electron chi connectivity index (χ1n) is 8.18. The summed E-state index contributed by atoms with van der Waals surface area (Å²) in [5, 5.41) is 14.1. The zero-order valence-electron chi connectivity index (χ0n) is 14.1. The zero-order chi connectivity index (χ0) is 18.6. The predicted octanol–water partition coefficient (Wildman–Crippen LogP) is 5.27. The van der Waals surface area contributed by atoms with E-state index in [4.69, 9.17) is 16.0 Å². The minimum atomic E-state index is -0.159. The van der Waals surface area contributed by atoms with Gasteiger partial charge < -0.3 is 9.73 Å². The number of rotatable bonds is 5. The maximum Gasteiger partial charge on any atom is 0.277 e. The first-order chi connectivity index (χ1) is 13.2. The van der Waals surface area contributed by atoms with Gasteiger partial charge in [0.2, 0.25) is 11.8 Å². The van der Waals surface area contributed by atoms with E-state index in [0.29, 0.717) is 21.8 Å². The molecular weight excluding hydrogens is 382 g/mol. The van der Waals surface area contributed by atoms with Gasteiger partial charge in [-0.25, -0.2) is 0 Å². The van der Waals surface area contributed by atoms with Gasteiger partial charge in [0.1, 0.15) is 0 Å². The Labute approximate surface area is 164 Å². The SMILES string of the molecule is O=C(CSc1nnc(-c2ccc3ccccc3c2)o1)Nc1ccc(Cl)cc1. The van der Waals surface area contributed by atoms with Crippen LogP contribution in [0.1, 0.15) is 0 Å². The van der Waals surface area contributed by atoms with Crippen LogP contribution < -0.4 is 5.32 Å². The van der Waals surface area contributed by atoms with E-state index in [1.165, 1.54) is 11.8 Å². The highest BCUT2D eigenvalue weighted by atomic mass is 35.5. The van der Waals surface area contributed by atoms with E-state index in [0.717, 1.165) is 16.3 Å². The number of carbonyl (C=O) groups excluding carboxylic acids is 1. The monoisotopic (exact) mass is 395 g/mol. The molecule has 0 saturated carbocycles. The van der Waals surface area contributed by atoms with Crippen molar-refractivity contribution in [3.05, 3.63) is 71.8 Å². The molecule has 1 aromatic heterocycles. The number of nitrogens with zero attached hydrogens (tertiary/aromatic N) is 2. The van der Waals surface area contributed by atoms with Crippen LogP contribution in [-0.2, 0) is 4.79 Å². The van der Waals surface area contributed by atoms with Crippen molar-refractivity contribution >= 4 is 45.7 Å². The fourth-order valence-electron chi connectivity index (χ4n) is 2.56. The van der Waals surface area contributed by atoms with Crippen molar-refractivity contribution in [1.29, 1.82) is 0 Å². The molecule has 0 aliphatic carbocycles. The highest BCUT2D eigenvalue weighted by Gasteiger charge is 2.12. The Balaban J connectivity index is 1.40. The first kappa shape index (κ1) is 17.6. The summed E-state index contributed by atoms with van der Waals surface area (Å²) in [4.78, 5) is 12.0. The zero-order valence-corrected chi connectivity index (χ0v) is 15.6. The molecule has 0 atom stereocenters. The minimum absolute atomic E-state index is 0.159. The van der Waals surface area contributed by atoms with Gasteiger partial charge >= 0.3 is 0 Å². The van der Waals surface area contributed by atoms with Gasteiger partial charge in [-0.15, -0.1) is 10.2 Å². The van der Waals surface area contributed by atoms with Crippen LogP contribution in [0.2, 0.25) is 5.02 Å². The molecule has 0 saturated heterocycles. The number of nitrogens with one attached hydrogen (secondary N) is 1. The third-order valence-corrected chi connectivity index (χ3v) is 4.93. The molecule has 0 radical (unpaired) electrons. The van der Waals surface area contributed by atoms with Gasteiger partial charge in [-0.1, -0.05) is 53.7 Å². The lowest BCUT2D eigenvalue weighted by Gasteiger charge is -2.03. The Kier molecular flexibility index (Phi) is 5.09. The van der Waals surface area contributed by atoms with Crippen molar-refractivity contribution in [3.63, 3.8) is 0 Å². The van der Waals surface area contributed by atoms with Crippen LogP contribution >= 0.6 is 23.4 Å². The lowest BCUT2D eigenvalue weighted by Crippen LogP contribution is -2.13. The van der Waals surface area contributed by atoms with Crippen molar-refractivity contribution in [2.45, 2.75) is 5.22 Å². The van der Waals surface area contributed by atoms with E-state index in [1.54, 1.807) is 24.3 Å². The summed E-state index contributed by atoms with van der Waals surface area (Å²) in [6.07, 6.45) is 0. The maximum atomic E-state index is 12.0. The van der Waals surface area contributed by atoms with E-state index in [2.05, 4.69) is 15.5 Å². The Morgan fingerprint density at radius 1 is 1.00 bits per heavy atom. The van der Waals surface area contributed by atoms with Crippen LogP contribution in [0.25, 0.3) is 22.2 Å². The van der Waals surface area contributed by atoms with Gasteiger partial charge in [-0.3, -0.25) is 4.79 Å². The largest absolute Gasteiger partial charge is 0.411 e. The molecule has 134 valence electrons. The number of hydrogen-bond acceptors (Lipinski definition) is 5. The Morgan fingerprint density at radius 3 is 2.59 bits per heavy atom. The third kappa shape index (κ3) is 4.30. The highest BCUT2D eigenvalue weighted by molar-refractivity contribution is 7.99. The van der Waals surface area contributed by atoms with Gasteiger partial charge in [0.05, 0.1) is 5.75 Å². The molecule has 0 unspecified atom stereocenters. The third-order valence-electron chi connectivity index (χ3n) is 3.86. The molecule has 1 N–H and O–H groups in total. The first-order valence-corrected chi connectivity index (χ1v) is 9.55. The highest BCUT2D eigenvalue weighted by Crippen LogP contribution is 2.26. The molecule has 0 aliphatic heterocycles. The van der Waals surface area contributed by atoms with Crippen LogP contribution in [0, 0.1) is 0 Å². The number of hydrogen-bond donors (Lipinski definition) is 1. The summed E-state index contributed by atoms with van der Waals surface area (Å²) >= 11 is 7.02. The fraction of sp³-hybridized carbons (Fsp3) is 0.0500. The molecule has 0 fully saturated rings. The predicted molar refractivity (Wildman–Crippen MR) is 108 cm³/mol. The lowest BCUT2D eigenvalue weighted by molar-refractivity contribution is -0.113. The van der Waals surface area contributed by atoms with Gasteiger partial charge in [0.15, 0.2) is 0 Å². The summed E-state index contributed by atoms with van der Waals surface area (Å²) in [5.41, 5.74) is 1.53. The fourth-order valence-corrected chi connectivity index (χ4v) is 3.25. The lowest BCUT2D eigenvalue weighted by atomic mass is 10.1. The molecule has 4 rings (SSSR count). The second kappa shape index (κ2) is 7.82. The molecule has 0 bridgehead atoms. The standard InChI is InChI=1S/C20H14ClN3O2S/c21-16-7-9-17(10-8-16)22-18(25)12-27-20-24-23-19(26-20)15-6-5-13-3-1-2-4-14(13)11-15/h1-11H,12H2,(H,22,25). The number of benzene rings is 3. The number of fused-ring (bicyclic) bond motifs is 1. The van der Waals surface area contributed by atoms with E-state index >= 15 is 0 Å². The molecule has 1 amide bonds. The van der Waals surface area contributed by atoms with Crippen LogP contribution in [0.5, 0.6) is 0 Å². The molecule has 0 spiro atoms. The van der Waals surface area contributed by atoms with E-state index in [1.807, 2.05) is 42.5 Å². The molecule has 5 nitrogen and oxygen atoms in total. The Morgan fingerprint density at radius 2 is 1.78 bits per heavy atom. The molecule has 7 heteroatoms. The minimum Gasteiger partial charge on any atom is -0.411 e.